The SMILES string of the molecule is Cc1nc2ocnc2c(=O)[nH]1. The van der Waals surface area contributed by atoms with Crippen molar-refractivity contribution in [3.63, 3.8) is 0 Å². The summed E-state index contributed by atoms with van der Waals surface area (Å²) in [5.74, 6) is 0.527. The van der Waals surface area contributed by atoms with E-state index in [9.17, 15) is 4.79 Å². The first-order chi connectivity index (χ1) is 5.27. The molecule has 0 amide bonds. The summed E-state index contributed by atoms with van der Waals surface area (Å²) in [6, 6.07) is 0. The fourth-order valence-corrected chi connectivity index (χ4v) is 0.879. The summed E-state index contributed by atoms with van der Waals surface area (Å²) in [5, 5.41) is 0. The molecule has 2 rings (SSSR count). The van der Waals surface area contributed by atoms with E-state index in [1.54, 1.807) is 6.92 Å². The summed E-state index contributed by atoms with van der Waals surface area (Å²) in [4.78, 5) is 21.2. The third-order valence-corrected chi connectivity index (χ3v) is 1.33. The van der Waals surface area contributed by atoms with Gasteiger partial charge in [-0.15, -0.1) is 0 Å². The maximum Gasteiger partial charge on any atom is 0.280 e. The summed E-state index contributed by atoms with van der Waals surface area (Å²) in [6.07, 6.45) is 1.20. The molecule has 56 valence electrons. The van der Waals surface area contributed by atoms with Crippen molar-refractivity contribution >= 4 is 11.2 Å². The third kappa shape index (κ3) is 0.813. The highest BCUT2D eigenvalue weighted by Gasteiger charge is 2.03. The molecule has 0 aliphatic rings. The average molecular weight is 151 g/mol. The van der Waals surface area contributed by atoms with Crippen molar-refractivity contribution < 1.29 is 4.42 Å². The number of aryl methyl sites for hydroxylation is 1. The van der Waals surface area contributed by atoms with Crippen LogP contribution in [-0.2, 0) is 0 Å². The van der Waals surface area contributed by atoms with Crippen molar-refractivity contribution in [2.24, 2.45) is 0 Å². The van der Waals surface area contributed by atoms with Crippen molar-refractivity contribution in [1.29, 1.82) is 0 Å². The summed E-state index contributed by atoms with van der Waals surface area (Å²) in [5.41, 5.74) is 0.267. The molecule has 2 aromatic heterocycles. The normalized spacial score (nSPS) is 10.6. The Morgan fingerprint density at radius 1 is 1.64 bits per heavy atom. The molecule has 0 aliphatic carbocycles. The molecular formula is C6H5N3O2. The number of oxazole rings is 1. The minimum Gasteiger partial charge on any atom is -0.425 e. The number of aromatic amines is 1. The predicted molar refractivity (Wildman–Crippen MR) is 37.2 cm³/mol. The Morgan fingerprint density at radius 2 is 2.45 bits per heavy atom. The van der Waals surface area contributed by atoms with Crippen LogP contribution in [0.15, 0.2) is 15.6 Å². The van der Waals surface area contributed by atoms with Gasteiger partial charge >= 0.3 is 0 Å². The molecule has 0 radical (unpaired) electrons. The lowest BCUT2D eigenvalue weighted by Crippen LogP contribution is -2.08. The van der Waals surface area contributed by atoms with Crippen LogP contribution in [0.4, 0.5) is 0 Å². The summed E-state index contributed by atoms with van der Waals surface area (Å²) in [7, 11) is 0. The Balaban J connectivity index is 3.02. The minimum atomic E-state index is -0.263. The Morgan fingerprint density at radius 3 is 3.27 bits per heavy atom. The highest BCUT2D eigenvalue weighted by atomic mass is 16.3. The van der Waals surface area contributed by atoms with Crippen LogP contribution < -0.4 is 5.56 Å². The molecule has 0 saturated carbocycles. The molecule has 0 atom stereocenters. The maximum absolute atomic E-state index is 11.0. The smallest absolute Gasteiger partial charge is 0.280 e. The lowest BCUT2D eigenvalue weighted by molar-refractivity contribution is 0.588. The fourth-order valence-electron chi connectivity index (χ4n) is 0.879. The largest absolute Gasteiger partial charge is 0.425 e. The van der Waals surface area contributed by atoms with Crippen LogP contribution in [-0.4, -0.2) is 15.0 Å². The summed E-state index contributed by atoms with van der Waals surface area (Å²) < 4.78 is 4.84. The number of aromatic nitrogens is 3. The number of hydrogen-bond donors (Lipinski definition) is 1. The van der Waals surface area contributed by atoms with Gasteiger partial charge in [-0.05, 0) is 6.92 Å². The molecule has 2 heterocycles. The number of H-pyrrole nitrogens is 1. The predicted octanol–water partition coefficient (Wildman–Crippen LogP) is 0.220. The fraction of sp³-hybridized carbons (Fsp3) is 0.167. The molecule has 5 heteroatoms. The highest BCUT2D eigenvalue weighted by molar-refractivity contribution is 5.65. The Labute approximate surface area is 61.1 Å². The van der Waals surface area contributed by atoms with E-state index in [4.69, 9.17) is 4.42 Å². The minimum absolute atomic E-state index is 0.246. The second kappa shape index (κ2) is 1.91. The quantitative estimate of drug-likeness (QED) is 0.584. The molecule has 0 unspecified atom stereocenters. The molecule has 2 aromatic rings. The van der Waals surface area contributed by atoms with Crippen LogP contribution in [0.25, 0.3) is 11.2 Å². The van der Waals surface area contributed by atoms with Gasteiger partial charge in [-0.2, -0.15) is 4.98 Å². The maximum atomic E-state index is 11.0. The Hall–Kier alpha value is -1.65. The van der Waals surface area contributed by atoms with E-state index in [1.807, 2.05) is 0 Å². The standard InChI is InChI=1S/C6H5N3O2/c1-3-8-5(10)4-6(9-3)11-2-7-4/h2H,1H3,(H,8,9,10). The number of fused-ring (bicyclic) bond motifs is 1. The summed E-state index contributed by atoms with van der Waals surface area (Å²) >= 11 is 0. The zero-order valence-corrected chi connectivity index (χ0v) is 5.79. The van der Waals surface area contributed by atoms with E-state index in [0.717, 1.165) is 0 Å². The molecule has 0 fully saturated rings. The molecule has 0 spiro atoms. The molecule has 11 heavy (non-hydrogen) atoms. The molecule has 0 bridgehead atoms. The number of nitrogens with one attached hydrogen (secondary N) is 1. The van der Waals surface area contributed by atoms with E-state index in [2.05, 4.69) is 15.0 Å². The molecule has 5 nitrogen and oxygen atoms in total. The zero-order chi connectivity index (χ0) is 7.84. The van der Waals surface area contributed by atoms with Crippen LogP contribution in [0.1, 0.15) is 5.82 Å². The second-order valence-electron chi connectivity index (χ2n) is 2.16. The van der Waals surface area contributed by atoms with Gasteiger partial charge < -0.3 is 9.40 Å². The third-order valence-electron chi connectivity index (χ3n) is 1.33. The topological polar surface area (TPSA) is 71.8 Å². The van der Waals surface area contributed by atoms with Crippen molar-refractivity contribution in [1.82, 2.24) is 15.0 Å². The monoisotopic (exact) mass is 151 g/mol. The van der Waals surface area contributed by atoms with Gasteiger partial charge in [-0.3, -0.25) is 4.79 Å². The van der Waals surface area contributed by atoms with Crippen molar-refractivity contribution in [3.8, 4) is 0 Å². The van der Waals surface area contributed by atoms with Crippen molar-refractivity contribution in [3.05, 3.63) is 22.6 Å². The molecule has 1 N–H and O–H groups in total. The van der Waals surface area contributed by atoms with E-state index in [0.29, 0.717) is 5.82 Å². The lowest BCUT2D eigenvalue weighted by Gasteiger charge is -1.87. The number of hydrogen-bond acceptors (Lipinski definition) is 4. The number of nitrogens with zero attached hydrogens (tertiary/aromatic N) is 2. The number of rotatable bonds is 0. The second-order valence-corrected chi connectivity index (χ2v) is 2.16. The highest BCUT2D eigenvalue weighted by Crippen LogP contribution is 2.01. The first kappa shape index (κ1) is 6.09. The molecule has 0 aromatic carbocycles. The van der Waals surface area contributed by atoms with Gasteiger partial charge in [0.1, 0.15) is 5.82 Å². The summed E-state index contributed by atoms with van der Waals surface area (Å²) in [6.45, 7) is 1.68. The van der Waals surface area contributed by atoms with Crippen LogP contribution in [0, 0.1) is 6.92 Å². The van der Waals surface area contributed by atoms with Crippen molar-refractivity contribution in [2.45, 2.75) is 6.92 Å². The Kier molecular flexibility index (Phi) is 1.06. The van der Waals surface area contributed by atoms with E-state index >= 15 is 0 Å². The van der Waals surface area contributed by atoms with Crippen LogP contribution in [0.5, 0.6) is 0 Å². The molecule has 0 saturated heterocycles. The van der Waals surface area contributed by atoms with Gasteiger partial charge in [-0.25, -0.2) is 4.98 Å². The molecule has 0 aliphatic heterocycles. The van der Waals surface area contributed by atoms with Crippen LogP contribution >= 0.6 is 0 Å². The van der Waals surface area contributed by atoms with Gasteiger partial charge in [-0.1, -0.05) is 0 Å². The first-order valence-corrected chi connectivity index (χ1v) is 3.07. The van der Waals surface area contributed by atoms with Crippen LogP contribution in [0.3, 0.4) is 0 Å². The van der Waals surface area contributed by atoms with Gasteiger partial charge in [0.15, 0.2) is 11.9 Å². The van der Waals surface area contributed by atoms with E-state index in [1.165, 1.54) is 6.39 Å². The zero-order valence-electron chi connectivity index (χ0n) is 5.79. The Bertz CT molecular complexity index is 442. The van der Waals surface area contributed by atoms with E-state index in [-0.39, 0.29) is 16.8 Å². The van der Waals surface area contributed by atoms with Crippen LogP contribution in [0.2, 0.25) is 0 Å². The molecular weight excluding hydrogens is 146 g/mol. The van der Waals surface area contributed by atoms with Gasteiger partial charge in [0.2, 0.25) is 0 Å². The lowest BCUT2D eigenvalue weighted by atomic mass is 10.5. The van der Waals surface area contributed by atoms with Gasteiger partial charge in [0.05, 0.1) is 0 Å². The van der Waals surface area contributed by atoms with Crippen molar-refractivity contribution in [2.75, 3.05) is 0 Å². The van der Waals surface area contributed by atoms with E-state index < -0.39 is 0 Å². The van der Waals surface area contributed by atoms with Gasteiger partial charge in [0.25, 0.3) is 11.3 Å². The first-order valence-electron chi connectivity index (χ1n) is 3.07. The average Bonchev–Trinajstić information content (AvgIpc) is 2.34. The van der Waals surface area contributed by atoms with Gasteiger partial charge in [0, 0.05) is 0 Å².